The van der Waals surface area contributed by atoms with E-state index in [1.54, 1.807) is 51.7 Å². The number of rotatable bonds is 6. The highest BCUT2D eigenvalue weighted by atomic mass is 79.9. The number of ether oxygens (including phenoxy) is 3. The van der Waals surface area contributed by atoms with Crippen molar-refractivity contribution in [3.63, 3.8) is 0 Å². The van der Waals surface area contributed by atoms with Crippen molar-refractivity contribution in [1.29, 1.82) is 0 Å². The molecule has 2 aromatic rings. The van der Waals surface area contributed by atoms with Crippen LogP contribution < -0.4 is 14.2 Å². The van der Waals surface area contributed by atoms with Gasteiger partial charge in [0.25, 0.3) is 0 Å². The van der Waals surface area contributed by atoms with E-state index in [4.69, 9.17) is 14.2 Å². The third-order valence-electron chi connectivity index (χ3n) is 3.74. The van der Waals surface area contributed by atoms with Crippen molar-refractivity contribution in [2.24, 2.45) is 0 Å². The van der Waals surface area contributed by atoms with Gasteiger partial charge in [-0.25, -0.2) is 0 Å². The van der Waals surface area contributed by atoms with Gasteiger partial charge in [0.2, 0.25) is 0 Å². The largest absolute Gasteiger partial charge is 0.497 e. The van der Waals surface area contributed by atoms with Crippen LogP contribution in [0.1, 0.15) is 28.8 Å². The number of carbonyl (C=O) groups excluding carboxylic acids is 1. The number of carbonyl (C=O) groups is 1. The molecule has 0 radical (unpaired) electrons. The van der Waals surface area contributed by atoms with Crippen LogP contribution in [0.4, 0.5) is 0 Å². The van der Waals surface area contributed by atoms with Gasteiger partial charge < -0.3 is 14.2 Å². The zero-order valence-electron chi connectivity index (χ0n) is 13.6. The van der Waals surface area contributed by atoms with Crippen LogP contribution >= 0.6 is 15.9 Å². The molecule has 1 atom stereocenters. The molecular weight excluding hydrogens is 360 g/mol. The Morgan fingerprint density at radius 2 is 1.57 bits per heavy atom. The second-order valence-corrected chi connectivity index (χ2v) is 5.90. The van der Waals surface area contributed by atoms with Crippen molar-refractivity contribution in [2.75, 3.05) is 21.3 Å². The smallest absolute Gasteiger partial charge is 0.170 e. The average molecular weight is 379 g/mol. The monoisotopic (exact) mass is 378 g/mol. The first kappa shape index (κ1) is 17.3. The van der Waals surface area contributed by atoms with Gasteiger partial charge in [0.1, 0.15) is 17.2 Å². The van der Waals surface area contributed by atoms with Gasteiger partial charge in [0, 0.05) is 23.1 Å². The van der Waals surface area contributed by atoms with Crippen molar-refractivity contribution >= 4 is 21.7 Å². The molecule has 0 fully saturated rings. The molecule has 0 spiro atoms. The maximum absolute atomic E-state index is 12.7. The third kappa shape index (κ3) is 3.67. The van der Waals surface area contributed by atoms with Gasteiger partial charge in [0.05, 0.1) is 25.8 Å². The molecule has 2 aromatic carbocycles. The fourth-order valence-corrected chi connectivity index (χ4v) is 2.89. The van der Waals surface area contributed by atoms with Gasteiger partial charge >= 0.3 is 0 Å². The van der Waals surface area contributed by atoms with Gasteiger partial charge in [-0.15, -0.1) is 0 Å². The van der Waals surface area contributed by atoms with Crippen LogP contribution in [0.3, 0.4) is 0 Å². The van der Waals surface area contributed by atoms with E-state index in [1.165, 1.54) is 0 Å². The third-order valence-corrected chi connectivity index (χ3v) is 4.36. The van der Waals surface area contributed by atoms with Crippen molar-refractivity contribution in [3.05, 3.63) is 52.0 Å². The summed E-state index contributed by atoms with van der Waals surface area (Å²) in [4.78, 5) is 12.7. The predicted molar refractivity (Wildman–Crippen MR) is 93.0 cm³/mol. The Balaban J connectivity index is 2.36. The first-order chi connectivity index (χ1) is 11.0. The van der Waals surface area contributed by atoms with Gasteiger partial charge in [0.15, 0.2) is 5.78 Å². The molecule has 0 aliphatic carbocycles. The molecule has 0 saturated heterocycles. The predicted octanol–water partition coefficient (Wildman–Crippen LogP) is 4.46. The van der Waals surface area contributed by atoms with Crippen molar-refractivity contribution in [1.82, 2.24) is 0 Å². The second kappa shape index (κ2) is 7.51. The molecule has 0 aromatic heterocycles. The molecule has 4 nitrogen and oxygen atoms in total. The summed E-state index contributed by atoms with van der Waals surface area (Å²) in [6.45, 7) is 1.86. The summed E-state index contributed by atoms with van der Waals surface area (Å²) in [5.41, 5.74) is 1.44. The van der Waals surface area contributed by atoms with Crippen molar-refractivity contribution in [2.45, 2.75) is 12.8 Å². The molecule has 0 aliphatic heterocycles. The number of methoxy groups -OCH3 is 3. The maximum Gasteiger partial charge on any atom is 0.170 e. The fraction of sp³-hybridized carbons (Fsp3) is 0.278. The van der Waals surface area contributed by atoms with Crippen LogP contribution in [0.2, 0.25) is 0 Å². The van der Waals surface area contributed by atoms with E-state index in [0.29, 0.717) is 17.1 Å². The molecule has 5 heteroatoms. The van der Waals surface area contributed by atoms with Crippen molar-refractivity contribution < 1.29 is 19.0 Å². The van der Waals surface area contributed by atoms with E-state index in [-0.39, 0.29) is 11.7 Å². The van der Waals surface area contributed by atoms with Crippen LogP contribution in [0, 0.1) is 0 Å². The first-order valence-corrected chi connectivity index (χ1v) is 7.90. The number of ketones is 1. The van der Waals surface area contributed by atoms with E-state index >= 15 is 0 Å². The Morgan fingerprint density at radius 1 is 0.957 bits per heavy atom. The molecule has 0 N–H and O–H groups in total. The highest BCUT2D eigenvalue weighted by Gasteiger charge is 2.22. The highest BCUT2D eigenvalue weighted by molar-refractivity contribution is 9.10. The first-order valence-electron chi connectivity index (χ1n) is 7.11. The zero-order chi connectivity index (χ0) is 17.0. The molecule has 0 saturated carbocycles. The Morgan fingerprint density at radius 3 is 2.09 bits per heavy atom. The van der Waals surface area contributed by atoms with Crippen LogP contribution in [-0.2, 0) is 0 Å². The summed E-state index contributed by atoms with van der Waals surface area (Å²) < 4.78 is 16.6. The van der Waals surface area contributed by atoms with Crippen LogP contribution in [0.15, 0.2) is 40.9 Å². The SMILES string of the molecule is COc1ccc(C(=O)C(C)c2cc(Br)c(OC)cc2OC)cc1. The summed E-state index contributed by atoms with van der Waals surface area (Å²) in [6.07, 6.45) is 0. The summed E-state index contributed by atoms with van der Waals surface area (Å²) in [5.74, 6) is 1.68. The maximum atomic E-state index is 12.7. The standard InChI is InChI=1S/C18H19BrO4/c1-11(18(20)12-5-7-13(21-2)8-6-12)14-9-15(19)17(23-4)10-16(14)22-3/h5-11H,1-4H3. The van der Waals surface area contributed by atoms with Gasteiger partial charge in [-0.05, 0) is 46.3 Å². The normalized spacial score (nSPS) is 11.7. The Kier molecular flexibility index (Phi) is 5.66. The lowest BCUT2D eigenvalue weighted by molar-refractivity contribution is 0.0964. The number of halogens is 1. The molecule has 0 heterocycles. The molecule has 2 rings (SSSR count). The Hall–Kier alpha value is -2.01. The molecule has 1 unspecified atom stereocenters. The lowest BCUT2D eigenvalue weighted by atomic mass is 9.91. The molecular formula is C18H19BrO4. The van der Waals surface area contributed by atoms with Crippen LogP contribution in [-0.4, -0.2) is 27.1 Å². The Bertz CT molecular complexity index is 695. The number of Topliss-reactive ketones (excluding diaryl/α,β-unsaturated/α-hetero) is 1. The molecule has 122 valence electrons. The number of hydrogen-bond donors (Lipinski definition) is 0. The van der Waals surface area contributed by atoms with E-state index in [0.717, 1.165) is 15.8 Å². The van der Waals surface area contributed by atoms with Crippen molar-refractivity contribution in [3.8, 4) is 17.2 Å². The fourth-order valence-electron chi connectivity index (χ4n) is 2.37. The summed E-state index contributed by atoms with van der Waals surface area (Å²) >= 11 is 3.45. The quantitative estimate of drug-likeness (QED) is 0.696. The van der Waals surface area contributed by atoms with E-state index in [2.05, 4.69) is 15.9 Å². The number of benzene rings is 2. The Labute approximate surface area is 144 Å². The van der Waals surface area contributed by atoms with Gasteiger partial charge in [-0.1, -0.05) is 6.92 Å². The molecule has 0 bridgehead atoms. The van der Waals surface area contributed by atoms with Gasteiger partial charge in [-0.2, -0.15) is 0 Å². The lowest BCUT2D eigenvalue weighted by Crippen LogP contribution is -2.11. The minimum absolute atomic E-state index is 0.0167. The summed E-state index contributed by atoms with van der Waals surface area (Å²) in [5, 5.41) is 0. The number of hydrogen-bond acceptors (Lipinski definition) is 4. The topological polar surface area (TPSA) is 44.8 Å². The average Bonchev–Trinajstić information content (AvgIpc) is 2.60. The minimum Gasteiger partial charge on any atom is -0.497 e. The highest BCUT2D eigenvalue weighted by Crippen LogP contribution is 2.37. The van der Waals surface area contributed by atoms with E-state index in [1.807, 2.05) is 13.0 Å². The van der Waals surface area contributed by atoms with E-state index in [9.17, 15) is 4.79 Å². The zero-order valence-corrected chi connectivity index (χ0v) is 15.1. The molecule has 23 heavy (non-hydrogen) atoms. The summed E-state index contributed by atoms with van der Waals surface area (Å²) in [6, 6.07) is 10.7. The lowest BCUT2D eigenvalue weighted by Gasteiger charge is -2.17. The second-order valence-electron chi connectivity index (χ2n) is 5.04. The molecule has 0 aliphatic rings. The van der Waals surface area contributed by atoms with Gasteiger partial charge in [-0.3, -0.25) is 4.79 Å². The molecule has 0 amide bonds. The minimum atomic E-state index is -0.347. The van der Waals surface area contributed by atoms with E-state index < -0.39 is 0 Å². The van der Waals surface area contributed by atoms with Crippen LogP contribution in [0.25, 0.3) is 0 Å². The van der Waals surface area contributed by atoms with Crippen LogP contribution in [0.5, 0.6) is 17.2 Å². The summed E-state index contributed by atoms with van der Waals surface area (Å²) in [7, 11) is 4.76.